The van der Waals surface area contributed by atoms with E-state index in [4.69, 9.17) is 32.7 Å². The van der Waals surface area contributed by atoms with Crippen LogP contribution in [0.2, 0.25) is 10.0 Å². The highest BCUT2D eigenvalue weighted by Crippen LogP contribution is 2.24. The topological polar surface area (TPSA) is 76.7 Å². The molecule has 0 aromatic heterocycles. The standard InChI is InChI=1S/C12H12Cl2N2O4/c13-8-2-1-7(5-9(8)14)15-12(18)16-11(17)10-6-19-3-4-20-10/h1-2,5,10H,3-4,6H2,(H2,15,16,17,18). The molecule has 1 saturated heterocycles. The lowest BCUT2D eigenvalue weighted by Gasteiger charge is -2.21. The third-order valence-corrected chi connectivity index (χ3v) is 3.26. The second kappa shape index (κ2) is 6.90. The van der Waals surface area contributed by atoms with Crippen molar-refractivity contribution in [2.75, 3.05) is 25.1 Å². The van der Waals surface area contributed by atoms with Crippen molar-refractivity contribution in [2.45, 2.75) is 6.10 Å². The Morgan fingerprint density at radius 2 is 2.00 bits per heavy atom. The van der Waals surface area contributed by atoms with E-state index in [2.05, 4.69) is 10.6 Å². The van der Waals surface area contributed by atoms with Crippen LogP contribution in [0.4, 0.5) is 10.5 Å². The molecule has 0 saturated carbocycles. The van der Waals surface area contributed by atoms with Gasteiger partial charge in [-0.15, -0.1) is 0 Å². The van der Waals surface area contributed by atoms with Crippen molar-refractivity contribution >= 4 is 40.8 Å². The van der Waals surface area contributed by atoms with Gasteiger partial charge < -0.3 is 14.8 Å². The van der Waals surface area contributed by atoms with E-state index in [1.165, 1.54) is 6.07 Å². The van der Waals surface area contributed by atoms with Gasteiger partial charge in [-0.1, -0.05) is 23.2 Å². The summed E-state index contributed by atoms with van der Waals surface area (Å²) >= 11 is 11.6. The van der Waals surface area contributed by atoms with Gasteiger partial charge in [0.1, 0.15) is 0 Å². The highest BCUT2D eigenvalue weighted by molar-refractivity contribution is 6.42. The summed E-state index contributed by atoms with van der Waals surface area (Å²) in [6.07, 6.45) is -0.775. The van der Waals surface area contributed by atoms with Gasteiger partial charge in [0, 0.05) is 5.69 Å². The zero-order chi connectivity index (χ0) is 14.5. The molecule has 1 aliphatic heterocycles. The summed E-state index contributed by atoms with van der Waals surface area (Å²) in [5.74, 6) is -0.553. The summed E-state index contributed by atoms with van der Waals surface area (Å²) in [5, 5.41) is 5.31. The van der Waals surface area contributed by atoms with Gasteiger partial charge in [-0.25, -0.2) is 4.79 Å². The normalized spacial score (nSPS) is 18.4. The van der Waals surface area contributed by atoms with Crippen LogP contribution in [0.15, 0.2) is 18.2 Å². The summed E-state index contributed by atoms with van der Waals surface area (Å²) in [4.78, 5) is 23.3. The zero-order valence-electron chi connectivity index (χ0n) is 10.3. The van der Waals surface area contributed by atoms with Gasteiger partial charge in [-0.3, -0.25) is 10.1 Å². The summed E-state index contributed by atoms with van der Waals surface area (Å²) in [5.41, 5.74) is 0.422. The Morgan fingerprint density at radius 3 is 2.65 bits per heavy atom. The van der Waals surface area contributed by atoms with Gasteiger partial charge in [0.15, 0.2) is 6.10 Å². The van der Waals surface area contributed by atoms with Crippen molar-refractivity contribution in [1.29, 1.82) is 0 Å². The molecule has 1 unspecified atom stereocenters. The Labute approximate surface area is 125 Å². The van der Waals surface area contributed by atoms with Crippen LogP contribution in [-0.2, 0) is 14.3 Å². The maximum Gasteiger partial charge on any atom is 0.325 e. The SMILES string of the molecule is O=C(NC(=O)C1COCCO1)Nc1ccc(Cl)c(Cl)c1. The number of carbonyl (C=O) groups excluding carboxylic acids is 2. The second-order valence-electron chi connectivity index (χ2n) is 4.01. The van der Waals surface area contributed by atoms with Gasteiger partial charge in [0.05, 0.1) is 29.9 Å². The van der Waals surface area contributed by atoms with Gasteiger partial charge in [0.2, 0.25) is 0 Å². The number of ether oxygens (including phenoxy) is 2. The molecule has 108 valence electrons. The van der Waals surface area contributed by atoms with Crippen LogP contribution in [0.1, 0.15) is 0 Å². The number of urea groups is 1. The number of nitrogens with one attached hydrogen (secondary N) is 2. The average Bonchev–Trinajstić information content (AvgIpc) is 2.44. The molecule has 0 radical (unpaired) electrons. The third-order valence-electron chi connectivity index (χ3n) is 2.52. The van der Waals surface area contributed by atoms with Crippen molar-refractivity contribution in [3.63, 3.8) is 0 Å². The summed E-state index contributed by atoms with van der Waals surface area (Å²) in [7, 11) is 0. The largest absolute Gasteiger partial charge is 0.376 e. The van der Waals surface area contributed by atoms with Gasteiger partial charge in [-0.05, 0) is 18.2 Å². The lowest BCUT2D eigenvalue weighted by Crippen LogP contribution is -2.46. The first-order valence-electron chi connectivity index (χ1n) is 5.82. The molecular weight excluding hydrogens is 307 g/mol. The van der Waals surface area contributed by atoms with Crippen molar-refractivity contribution in [2.24, 2.45) is 0 Å². The van der Waals surface area contributed by atoms with E-state index in [0.717, 1.165) is 0 Å². The molecule has 1 aromatic rings. The molecule has 1 atom stereocenters. The highest BCUT2D eigenvalue weighted by Gasteiger charge is 2.24. The molecule has 1 aromatic carbocycles. The third kappa shape index (κ3) is 4.08. The Morgan fingerprint density at radius 1 is 1.20 bits per heavy atom. The van der Waals surface area contributed by atoms with Crippen LogP contribution in [0.3, 0.4) is 0 Å². The van der Waals surface area contributed by atoms with Crippen LogP contribution in [0.25, 0.3) is 0 Å². The van der Waals surface area contributed by atoms with Crippen molar-refractivity contribution in [3.05, 3.63) is 28.2 Å². The molecule has 2 rings (SSSR count). The molecule has 0 aliphatic carbocycles. The van der Waals surface area contributed by atoms with Crippen LogP contribution in [0, 0.1) is 0 Å². The first kappa shape index (κ1) is 15.1. The molecule has 2 N–H and O–H groups in total. The lowest BCUT2D eigenvalue weighted by molar-refractivity contribution is -0.146. The van der Waals surface area contributed by atoms with Gasteiger partial charge in [0.25, 0.3) is 5.91 Å². The number of rotatable bonds is 2. The van der Waals surface area contributed by atoms with Gasteiger partial charge in [-0.2, -0.15) is 0 Å². The maximum absolute atomic E-state index is 11.7. The predicted octanol–water partition coefficient (Wildman–Crippen LogP) is 2.06. The summed E-state index contributed by atoms with van der Waals surface area (Å²) < 4.78 is 10.3. The molecule has 6 nitrogen and oxygen atoms in total. The number of benzene rings is 1. The molecule has 0 spiro atoms. The van der Waals surface area contributed by atoms with Crippen LogP contribution in [0.5, 0.6) is 0 Å². The van der Waals surface area contributed by atoms with Crippen LogP contribution >= 0.6 is 23.2 Å². The minimum atomic E-state index is -0.775. The summed E-state index contributed by atoms with van der Waals surface area (Å²) in [6.45, 7) is 0.900. The fourth-order valence-corrected chi connectivity index (χ4v) is 1.87. The van der Waals surface area contributed by atoms with Crippen LogP contribution < -0.4 is 10.6 Å². The highest BCUT2D eigenvalue weighted by atomic mass is 35.5. The molecule has 3 amide bonds. The smallest absolute Gasteiger partial charge is 0.325 e. The molecule has 1 fully saturated rings. The quantitative estimate of drug-likeness (QED) is 0.875. The molecular formula is C12H12Cl2N2O4. The minimum Gasteiger partial charge on any atom is -0.376 e. The lowest BCUT2D eigenvalue weighted by atomic mass is 10.3. The minimum absolute atomic E-state index is 0.131. The fraction of sp³-hybridized carbons (Fsp3) is 0.333. The van der Waals surface area contributed by atoms with E-state index < -0.39 is 18.0 Å². The first-order valence-corrected chi connectivity index (χ1v) is 6.58. The van der Waals surface area contributed by atoms with E-state index in [-0.39, 0.29) is 6.61 Å². The van der Waals surface area contributed by atoms with Gasteiger partial charge >= 0.3 is 6.03 Å². The Kier molecular flexibility index (Phi) is 5.19. The van der Waals surface area contributed by atoms with E-state index in [1.807, 2.05) is 0 Å². The number of halogens is 2. The van der Waals surface area contributed by atoms with E-state index in [1.54, 1.807) is 12.1 Å². The number of hydrogen-bond acceptors (Lipinski definition) is 4. The maximum atomic E-state index is 11.7. The fourth-order valence-electron chi connectivity index (χ4n) is 1.57. The zero-order valence-corrected chi connectivity index (χ0v) is 11.8. The average molecular weight is 319 g/mol. The molecule has 1 aliphatic rings. The Balaban J connectivity index is 1.88. The van der Waals surface area contributed by atoms with E-state index >= 15 is 0 Å². The second-order valence-corrected chi connectivity index (χ2v) is 4.82. The molecule has 8 heteroatoms. The number of anilines is 1. The van der Waals surface area contributed by atoms with E-state index in [9.17, 15) is 9.59 Å². The number of imide groups is 1. The number of carbonyl (C=O) groups is 2. The Hall–Kier alpha value is -1.34. The molecule has 20 heavy (non-hydrogen) atoms. The Bertz CT molecular complexity index is 518. The van der Waals surface area contributed by atoms with Crippen molar-refractivity contribution < 1.29 is 19.1 Å². The van der Waals surface area contributed by atoms with Crippen LogP contribution in [-0.4, -0.2) is 37.9 Å². The molecule has 1 heterocycles. The number of hydrogen-bond donors (Lipinski definition) is 2. The number of amides is 3. The first-order chi connectivity index (χ1) is 9.56. The van der Waals surface area contributed by atoms with Crippen molar-refractivity contribution in [1.82, 2.24) is 5.32 Å². The monoisotopic (exact) mass is 318 g/mol. The predicted molar refractivity (Wildman–Crippen MR) is 74.2 cm³/mol. The van der Waals surface area contributed by atoms with Crippen molar-refractivity contribution in [3.8, 4) is 0 Å². The molecule has 0 bridgehead atoms. The van der Waals surface area contributed by atoms with E-state index in [0.29, 0.717) is 28.9 Å². The summed E-state index contributed by atoms with van der Waals surface area (Å²) in [6, 6.07) is 3.91.